The van der Waals surface area contributed by atoms with E-state index in [0.29, 0.717) is 5.69 Å². The van der Waals surface area contributed by atoms with Gasteiger partial charge in [-0.3, -0.25) is 9.69 Å². The summed E-state index contributed by atoms with van der Waals surface area (Å²) in [5.74, 6) is 0.0552. The predicted octanol–water partition coefficient (Wildman–Crippen LogP) is 1.86. The molecule has 1 aromatic carbocycles. The summed E-state index contributed by atoms with van der Waals surface area (Å²) in [5, 5.41) is 17.9. The molecule has 0 fully saturated rings. The molecule has 0 aliphatic rings. The van der Waals surface area contributed by atoms with E-state index in [9.17, 15) is 9.90 Å². The van der Waals surface area contributed by atoms with Crippen LogP contribution in [0.3, 0.4) is 0 Å². The highest BCUT2D eigenvalue weighted by atomic mass is 16.3. The third kappa shape index (κ3) is 2.70. The minimum atomic E-state index is -0.854. The fourth-order valence-corrected chi connectivity index (χ4v) is 1.34. The molecule has 1 aromatic rings. The summed E-state index contributed by atoms with van der Waals surface area (Å²) in [6.45, 7) is 4.89. The zero-order chi connectivity index (χ0) is 13.1. The Morgan fingerprint density at radius 3 is 2.24 bits per heavy atom. The van der Waals surface area contributed by atoms with Gasteiger partial charge in [0.25, 0.3) is 0 Å². The highest BCUT2D eigenvalue weighted by Gasteiger charge is 2.31. The normalized spacial score (nSPS) is 10.3. The Bertz CT molecular complexity index is 466. The van der Waals surface area contributed by atoms with Gasteiger partial charge in [-0.05, 0) is 45.0 Å². The molecule has 0 saturated heterocycles. The highest BCUT2D eigenvalue weighted by Crippen LogP contribution is 2.25. The first-order valence-electron chi connectivity index (χ1n) is 5.14. The number of nitrogens with zero attached hydrogens (tertiary/aromatic N) is 1. The van der Waals surface area contributed by atoms with Crippen LogP contribution in [-0.4, -0.2) is 21.5 Å². The number of aromatic hydroxyl groups is 1. The van der Waals surface area contributed by atoms with E-state index < -0.39 is 5.54 Å². The number of benzene rings is 1. The van der Waals surface area contributed by atoms with Crippen LogP contribution in [0.25, 0.3) is 0 Å². The van der Waals surface area contributed by atoms with Gasteiger partial charge in [0.15, 0.2) is 5.78 Å². The van der Waals surface area contributed by atoms with E-state index in [4.69, 9.17) is 5.11 Å². The maximum Gasteiger partial charge on any atom is 0.155 e. The number of carbonyl (C=O) groups is 1. The fourth-order valence-electron chi connectivity index (χ4n) is 1.34. The summed E-state index contributed by atoms with van der Waals surface area (Å²) in [6, 6.07) is 8.73. The Morgan fingerprint density at radius 2 is 1.82 bits per heavy atom. The molecule has 0 amide bonds. The Hall–Kier alpha value is -2.15. The lowest BCUT2D eigenvalue weighted by Gasteiger charge is -2.33. The molecule has 0 spiro atoms. The molecule has 2 N–H and O–H groups in total. The van der Waals surface area contributed by atoms with Gasteiger partial charge in [0.05, 0.1) is 11.7 Å². The lowest BCUT2D eigenvalue weighted by Crippen LogP contribution is -2.46. The third-order valence-corrected chi connectivity index (χ3v) is 2.69. The van der Waals surface area contributed by atoms with Gasteiger partial charge in [0, 0.05) is 0 Å². The number of hydrogen-bond acceptors (Lipinski definition) is 4. The van der Waals surface area contributed by atoms with Crippen molar-refractivity contribution in [2.24, 2.45) is 0 Å². The molecule has 90 valence electrons. The van der Waals surface area contributed by atoms with Crippen LogP contribution in [0.4, 0.5) is 5.69 Å². The lowest BCUT2D eigenvalue weighted by atomic mass is 9.97. The second-order valence-corrected chi connectivity index (χ2v) is 4.19. The predicted molar refractivity (Wildman–Crippen MR) is 65.1 cm³/mol. The average Bonchev–Trinajstić information content (AvgIpc) is 2.27. The van der Waals surface area contributed by atoms with Crippen molar-refractivity contribution in [2.75, 3.05) is 4.90 Å². The van der Waals surface area contributed by atoms with E-state index >= 15 is 0 Å². The maximum atomic E-state index is 11.6. The summed E-state index contributed by atoms with van der Waals surface area (Å²) in [6.07, 6.45) is 1.80. The molecular weight excluding hydrogens is 218 g/mol. The standard InChI is InChI=1S/C13H15NO3/c1-10(16)13(2,3)14(8-9-15)11-4-6-12(17)7-5-11/h4-7,15,17H,1-3H3. The number of anilines is 1. The molecule has 4 heteroatoms. The first kappa shape index (κ1) is 12.9. The van der Waals surface area contributed by atoms with Gasteiger partial charge in [-0.25, -0.2) is 0 Å². The van der Waals surface area contributed by atoms with E-state index in [0.717, 1.165) is 0 Å². The molecule has 0 unspecified atom stereocenters. The van der Waals surface area contributed by atoms with Crippen molar-refractivity contribution in [3.8, 4) is 17.9 Å². The van der Waals surface area contributed by atoms with Crippen LogP contribution >= 0.6 is 0 Å². The third-order valence-electron chi connectivity index (χ3n) is 2.69. The van der Waals surface area contributed by atoms with Gasteiger partial charge in [0.2, 0.25) is 0 Å². The lowest BCUT2D eigenvalue weighted by molar-refractivity contribution is -0.120. The number of phenols is 1. The van der Waals surface area contributed by atoms with E-state index in [1.165, 1.54) is 24.0 Å². The van der Waals surface area contributed by atoms with Crippen LogP contribution in [0.1, 0.15) is 20.8 Å². The Labute approximate surface area is 100 Å². The SMILES string of the molecule is CC(=O)C(C)(C)N(C#CO)c1ccc(O)cc1. The van der Waals surface area contributed by atoms with E-state index in [-0.39, 0.29) is 11.5 Å². The molecule has 0 saturated carbocycles. The van der Waals surface area contributed by atoms with Crippen LogP contribution in [-0.2, 0) is 4.79 Å². The largest absolute Gasteiger partial charge is 0.508 e. The molecule has 0 bridgehead atoms. The van der Waals surface area contributed by atoms with Gasteiger partial charge in [-0.2, -0.15) is 0 Å². The summed E-state index contributed by atoms with van der Waals surface area (Å²) in [4.78, 5) is 13.0. The first-order valence-corrected chi connectivity index (χ1v) is 5.14. The van der Waals surface area contributed by atoms with Crippen LogP contribution < -0.4 is 4.90 Å². The molecule has 0 aliphatic heterocycles. The van der Waals surface area contributed by atoms with Crippen molar-refractivity contribution < 1.29 is 15.0 Å². The van der Waals surface area contributed by atoms with E-state index in [2.05, 4.69) is 6.04 Å². The molecular formula is C13H15NO3. The average molecular weight is 233 g/mol. The summed E-state index contributed by atoms with van der Waals surface area (Å²) >= 11 is 0. The second kappa shape index (κ2) is 4.79. The fraction of sp³-hybridized carbons (Fsp3) is 0.308. The van der Waals surface area contributed by atoms with Crippen molar-refractivity contribution in [1.82, 2.24) is 0 Å². The van der Waals surface area contributed by atoms with Crippen LogP contribution in [0.15, 0.2) is 24.3 Å². The zero-order valence-corrected chi connectivity index (χ0v) is 10.1. The molecule has 0 atom stereocenters. The summed E-state index contributed by atoms with van der Waals surface area (Å²) < 4.78 is 0. The van der Waals surface area contributed by atoms with Gasteiger partial charge >= 0.3 is 0 Å². The number of hydrogen-bond donors (Lipinski definition) is 2. The van der Waals surface area contributed by atoms with Gasteiger partial charge in [-0.15, -0.1) is 0 Å². The molecule has 0 heterocycles. The maximum absolute atomic E-state index is 11.6. The Morgan fingerprint density at radius 1 is 1.29 bits per heavy atom. The number of ketones is 1. The molecule has 4 nitrogen and oxygen atoms in total. The number of aliphatic hydroxyl groups excluding tert-OH is 1. The van der Waals surface area contributed by atoms with E-state index in [1.807, 2.05) is 0 Å². The number of phenolic OH excluding ortho intramolecular Hbond substituents is 1. The van der Waals surface area contributed by atoms with Crippen molar-refractivity contribution in [2.45, 2.75) is 26.3 Å². The monoisotopic (exact) mass is 233 g/mol. The van der Waals surface area contributed by atoms with Crippen LogP contribution in [0, 0.1) is 12.2 Å². The van der Waals surface area contributed by atoms with Crippen LogP contribution in [0.5, 0.6) is 5.75 Å². The highest BCUT2D eigenvalue weighted by molar-refractivity contribution is 5.90. The van der Waals surface area contributed by atoms with Gasteiger partial charge in [-0.1, -0.05) is 0 Å². The number of aliphatic hydroxyl groups is 1. The summed E-state index contributed by atoms with van der Waals surface area (Å²) in [7, 11) is 0. The number of carbonyl (C=O) groups excluding carboxylic acids is 1. The van der Waals surface area contributed by atoms with Crippen molar-refractivity contribution in [3.05, 3.63) is 24.3 Å². The first-order chi connectivity index (χ1) is 7.89. The minimum Gasteiger partial charge on any atom is -0.508 e. The minimum absolute atomic E-state index is 0.0756. The molecule has 0 aliphatic carbocycles. The number of rotatable bonds is 3. The second-order valence-electron chi connectivity index (χ2n) is 4.19. The molecule has 17 heavy (non-hydrogen) atoms. The van der Waals surface area contributed by atoms with Crippen molar-refractivity contribution in [1.29, 1.82) is 0 Å². The Kier molecular flexibility index (Phi) is 3.64. The van der Waals surface area contributed by atoms with Crippen LogP contribution in [0.2, 0.25) is 0 Å². The van der Waals surface area contributed by atoms with E-state index in [1.54, 1.807) is 32.1 Å². The van der Waals surface area contributed by atoms with Crippen molar-refractivity contribution >= 4 is 11.5 Å². The number of Topliss-reactive ketones (excluding diaryl/α,β-unsaturated/α-hetero) is 1. The van der Waals surface area contributed by atoms with Crippen molar-refractivity contribution in [3.63, 3.8) is 0 Å². The Balaban J connectivity index is 3.21. The quantitative estimate of drug-likeness (QED) is 0.618. The summed E-state index contributed by atoms with van der Waals surface area (Å²) in [5.41, 5.74) is -0.225. The zero-order valence-electron chi connectivity index (χ0n) is 10.1. The topological polar surface area (TPSA) is 60.8 Å². The van der Waals surface area contributed by atoms with Gasteiger partial charge in [0.1, 0.15) is 17.4 Å². The van der Waals surface area contributed by atoms with Gasteiger partial charge < -0.3 is 10.2 Å². The molecule has 0 radical (unpaired) electrons. The smallest absolute Gasteiger partial charge is 0.155 e. The molecule has 0 aromatic heterocycles. The molecule has 1 rings (SSSR count).